The topological polar surface area (TPSA) is 39.7 Å². The molecule has 0 atom stereocenters. The number of nitrogens with zero attached hydrogens (tertiary/aromatic N) is 2. The van der Waals surface area contributed by atoms with Crippen molar-refractivity contribution in [3.63, 3.8) is 0 Å². The predicted molar refractivity (Wildman–Crippen MR) is 80.4 cm³/mol. The molecule has 0 aromatic rings. The lowest BCUT2D eigenvalue weighted by molar-refractivity contribution is 0.307. The second-order valence-electron chi connectivity index (χ2n) is 6.49. The minimum atomic E-state index is 0.0883. The molecular weight excluding hydrogens is 236 g/mol. The molecule has 2 aliphatic rings. The Morgan fingerprint density at radius 1 is 1.37 bits per heavy atom. The van der Waals surface area contributed by atoms with Gasteiger partial charge < -0.3 is 5.32 Å². The van der Waals surface area contributed by atoms with Gasteiger partial charge in [-0.2, -0.15) is 0 Å². The summed E-state index contributed by atoms with van der Waals surface area (Å²) < 4.78 is 0. The molecule has 0 saturated carbocycles. The fourth-order valence-corrected chi connectivity index (χ4v) is 2.29. The zero-order valence-corrected chi connectivity index (χ0v) is 13.0. The molecule has 2 N–H and O–H groups in total. The Balaban J connectivity index is 2.48. The Bertz CT molecular complexity index is 449. The summed E-state index contributed by atoms with van der Waals surface area (Å²) in [5.41, 5.74) is 8.25. The van der Waals surface area contributed by atoms with E-state index in [1.807, 2.05) is 0 Å². The van der Waals surface area contributed by atoms with Crippen molar-refractivity contribution in [2.24, 2.45) is 16.3 Å². The fraction of sp³-hybridized carbons (Fsp3) is 0.667. The normalized spacial score (nSPS) is 19.6. The van der Waals surface area contributed by atoms with Crippen LogP contribution in [-0.2, 0) is 0 Å². The molecule has 106 valence electrons. The fourth-order valence-electron chi connectivity index (χ4n) is 2.29. The van der Waals surface area contributed by atoms with Gasteiger partial charge >= 0.3 is 0 Å². The summed E-state index contributed by atoms with van der Waals surface area (Å²) in [6.45, 7) is 14.9. The number of hydrazine groups is 1. The SMILES string of the molecule is CCN1NC(C(C)C)=C2N=C(C(C)(C)C)CNC=C21. The van der Waals surface area contributed by atoms with Crippen molar-refractivity contribution in [2.75, 3.05) is 13.1 Å². The molecule has 0 spiro atoms. The van der Waals surface area contributed by atoms with Crippen molar-refractivity contribution >= 4 is 5.71 Å². The maximum Gasteiger partial charge on any atom is 0.111 e. The van der Waals surface area contributed by atoms with Gasteiger partial charge in [-0.25, -0.2) is 0 Å². The summed E-state index contributed by atoms with van der Waals surface area (Å²) in [7, 11) is 0. The molecule has 2 rings (SSSR count). The number of fused-ring (bicyclic) bond motifs is 1. The first-order valence-corrected chi connectivity index (χ1v) is 7.15. The molecule has 0 saturated heterocycles. The second kappa shape index (κ2) is 4.91. The van der Waals surface area contributed by atoms with Crippen LogP contribution in [0.3, 0.4) is 0 Å². The van der Waals surface area contributed by atoms with Crippen LogP contribution in [0.15, 0.2) is 28.3 Å². The Labute approximate surface area is 116 Å². The van der Waals surface area contributed by atoms with Crippen molar-refractivity contribution in [2.45, 2.75) is 41.5 Å². The zero-order chi connectivity index (χ0) is 14.2. The average molecular weight is 262 g/mol. The smallest absolute Gasteiger partial charge is 0.111 e. The van der Waals surface area contributed by atoms with E-state index in [0.717, 1.165) is 24.5 Å². The van der Waals surface area contributed by atoms with Crippen molar-refractivity contribution in [3.05, 3.63) is 23.3 Å². The summed E-state index contributed by atoms with van der Waals surface area (Å²) in [5, 5.41) is 5.55. The van der Waals surface area contributed by atoms with E-state index in [0.29, 0.717) is 5.92 Å². The third-order valence-corrected chi connectivity index (χ3v) is 3.56. The lowest BCUT2D eigenvalue weighted by Gasteiger charge is -2.21. The van der Waals surface area contributed by atoms with Crippen LogP contribution in [0.5, 0.6) is 0 Å². The van der Waals surface area contributed by atoms with Crippen LogP contribution in [0.2, 0.25) is 0 Å². The van der Waals surface area contributed by atoms with Crippen LogP contribution >= 0.6 is 0 Å². The maximum absolute atomic E-state index is 4.97. The van der Waals surface area contributed by atoms with Gasteiger partial charge in [0.1, 0.15) is 11.4 Å². The van der Waals surface area contributed by atoms with Crippen molar-refractivity contribution in [1.29, 1.82) is 0 Å². The molecule has 4 heteroatoms. The highest BCUT2D eigenvalue weighted by atomic mass is 15.5. The quantitative estimate of drug-likeness (QED) is 0.803. The molecule has 0 aromatic carbocycles. The van der Waals surface area contributed by atoms with E-state index in [-0.39, 0.29) is 5.41 Å². The van der Waals surface area contributed by atoms with Gasteiger partial charge in [0, 0.05) is 23.9 Å². The molecule has 0 aliphatic carbocycles. The third kappa shape index (κ3) is 2.62. The van der Waals surface area contributed by atoms with Crippen molar-refractivity contribution in [1.82, 2.24) is 15.8 Å². The standard InChI is InChI=1S/C15H26N4/c1-7-19-11-8-16-9-12(15(4,5)6)17-14(11)13(18-19)10(2)3/h8,10,16,18H,7,9H2,1-6H3. The molecule has 0 fully saturated rings. The first-order chi connectivity index (χ1) is 8.84. The highest BCUT2D eigenvalue weighted by Crippen LogP contribution is 2.31. The van der Waals surface area contributed by atoms with Gasteiger partial charge in [-0.05, 0) is 12.8 Å². The molecule has 2 heterocycles. The molecule has 2 aliphatic heterocycles. The van der Waals surface area contributed by atoms with Crippen LogP contribution in [0.1, 0.15) is 41.5 Å². The van der Waals surface area contributed by atoms with E-state index in [9.17, 15) is 0 Å². The Morgan fingerprint density at radius 3 is 2.58 bits per heavy atom. The summed E-state index contributed by atoms with van der Waals surface area (Å²) in [4.78, 5) is 4.97. The van der Waals surface area contributed by atoms with Gasteiger partial charge in [-0.3, -0.25) is 15.4 Å². The summed E-state index contributed by atoms with van der Waals surface area (Å²) in [5.74, 6) is 0.443. The van der Waals surface area contributed by atoms with Gasteiger partial charge in [0.05, 0.1) is 12.2 Å². The number of rotatable bonds is 2. The summed E-state index contributed by atoms with van der Waals surface area (Å²) >= 11 is 0. The number of hydrogen-bond acceptors (Lipinski definition) is 4. The van der Waals surface area contributed by atoms with Crippen molar-refractivity contribution < 1.29 is 0 Å². The minimum Gasteiger partial charge on any atom is -0.384 e. The lowest BCUT2D eigenvalue weighted by Crippen LogP contribution is -2.33. The van der Waals surface area contributed by atoms with Gasteiger partial charge in [0.15, 0.2) is 0 Å². The van der Waals surface area contributed by atoms with Gasteiger partial charge in [0.25, 0.3) is 0 Å². The number of hydrogen-bond donors (Lipinski definition) is 2. The van der Waals surface area contributed by atoms with Gasteiger partial charge in [0.2, 0.25) is 0 Å². The molecule has 0 radical (unpaired) electrons. The zero-order valence-electron chi connectivity index (χ0n) is 13.0. The van der Waals surface area contributed by atoms with E-state index < -0.39 is 0 Å². The van der Waals surface area contributed by atoms with Crippen LogP contribution in [-0.4, -0.2) is 23.8 Å². The van der Waals surface area contributed by atoms with Crippen LogP contribution < -0.4 is 10.7 Å². The van der Waals surface area contributed by atoms with Crippen LogP contribution in [0, 0.1) is 11.3 Å². The molecule has 4 nitrogen and oxygen atoms in total. The van der Waals surface area contributed by atoms with E-state index in [1.165, 1.54) is 11.4 Å². The molecule has 0 aromatic heterocycles. The van der Waals surface area contributed by atoms with E-state index in [1.54, 1.807) is 0 Å². The highest BCUT2D eigenvalue weighted by Gasteiger charge is 2.30. The summed E-state index contributed by atoms with van der Waals surface area (Å²) in [6, 6.07) is 0. The number of allylic oxidation sites excluding steroid dienone is 1. The Morgan fingerprint density at radius 2 is 2.05 bits per heavy atom. The monoisotopic (exact) mass is 262 g/mol. The first kappa shape index (κ1) is 14.0. The number of nitrogens with one attached hydrogen (secondary N) is 2. The number of likely N-dealkylation sites (N-methyl/N-ethyl adjacent to an activating group) is 1. The molecule has 0 amide bonds. The number of aliphatic imine (C=N–C) groups is 1. The highest BCUT2D eigenvalue weighted by molar-refractivity contribution is 5.92. The third-order valence-electron chi connectivity index (χ3n) is 3.56. The van der Waals surface area contributed by atoms with Gasteiger partial charge in [-0.1, -0.05) is 34.6 Å². The van der Waals surface area contributed by atoms with E-state index in [4.69, 9.17) is 4.99 Å². The van der Waals surface area contributed by atoms with Crippen LogP contribution in [0.4, 0.5) is 0 Å². The molecule has 0 unspecified atom stereocenters. The largest absolute Gasteiger partial charge is 0.384 e. The van der Waals surface area contributed by atoms with Gasteiger partial charge in [-0.15, -0.1) is 0 Å². The predicted octanol–water partition coefficient (Wildman–Crippen LogP) is 2.63. The molecular formula is C15H26N4. The lowest BCUT2D eigenvalue weighted by atomic mass is 9.89. The first-order valence-electron chi connectivity index (χ1n) is 7.15. The second-order valence-corrected chi connectivity index (χ2v) is 6.49. The van der Waals surface area contributed by atoms with E-state index in [2.05, 4.69) is 63.5 Å². The Hall–Kier alpha value is -1.45. The average Bonchev–Trinajstić information content (AvgIpc) is 2.51. The van der Waals surface area contributed by atoms with E-state index >= 15 is 0 Å². The van der Waals surface area contributed by atoms with Crippen molar-refractivity contribution in [3.8, 4) is 0 Å². The molecule has 0 bridgehead atoms. The maximum atomic E-state index is 4.97. The summed E-state index contributed by atoms with van der Waals surface area (Å²) in [6.07, 6.45) is 2.09. The Kier molecular flexibility index (Phi) is 3.61. The molecule has 19 heavy (non-hydrogen) atoms. The minimum absolute atomic E-state index is 0.0883. The van der Waals surface area contributed by atoms with Crippen LogP contribution in [0.25, 0.3) is 0 Å².